The van der Waals surface area contributed by atoms with Crippen LogP contribution >= 0.6 is 22.9 Å². The standard InChI is InChI=1S/C13H10INO2/c14-15-10-6-7-11(13(16)17)12(8-10)9-4-2-1-3-5-9/h1-8,15H,(H,16,17). The zero-order chi connectivity index (χ0) is 12.3. The van der Waals surface area contributed by atoms with E-state index in [9.17, 15) is 4.79 Å². The summed E-state index contributed by atoms with van der Waals surface area (Å²) in [6.45, 7) is 0. The molecule has 3 nitrogen and oxygen atoms in total. The molecule has 2 N–H and O–H groups in total. The van der Waals surface area contributed by atoms with Gasteiger partial charge in [-0.05, 0) is 29.3 Å². The van der Waals surface area contributed by atoms with E-state index in [0.717, 1.165) is 16.8 Å². The van der Waals surface area contributed by atoms with Gasteiger partial charge in [-0.25, -0.2) is 4.79 Å². The lowest BCUT2D eigenvalue weighted by Gasteiger charge is -2.08. The zero-order valence-electron chi connectivity index (χ0n) is 8.85. The van der Waals surface area contributed by atoms with Crippen molar-refractivity contribution in [3.63, 3.8) is 0 Å². The number of rotatable bonds is 3. The molecular formula is C13H10INO2. The molecule has 0 radical (unpaired) electrons. The molecule has 0 atom stereocenters. The normalized spacial score (nSPS) is 9.94. The van der Waals surface area contributed by atoms with Gasteiger partial charge in [0.25, 0.3) is 0 Å². The van der Waals surface area contributed by atoms with E-state index in [-0.39, 0.29) is 0 Å². The fourth-order valence-corrected chi connectivity index (χ4v) is 1.98. The molecule has 86 valence electrons. The lowest BCUT2D eigenvalue weighted by Crippen LogP contribution is -1.99. The van der Waals surface area contributed by atoms with E-state index >= 15 is 0 Å². The Morgan fingerprint density at radius 1 is 1.12 bits per heavy atom. The highest BCUT2D eigenvalue weighted by Gasteiger charge is 2.11. The molecule has 0 bridgehead atoms. The van der Waals surface area contributed by atoms with E-state index in [2.05, 4.69) is 3.53 Å². The van der Waals surface area contributed by atoms with Crippen LogP contribution in [0.15, 0.2) is 48.5 Å². The first-order valence-corrected chi connectivity index (χ1v) is 6.09. The number of aromatic carboxylic acids is 1. The highest BCUT2D eigenvalue weighted by molar-refractivity contribution is 14.1. The van der Waals surface area contributed by atoms with Gasteiger partial charge in [-0.2, -0.15) is 0 Å². The Morgan fingerprint density at radius 2 is 1.82 bits per heavy atom. The Morgan fingerprint density at radius 3 is 2.41 bits per heavy atom. The monoisotopic (exact) mass is 339 g/mol. The maximum absolute atomic E-state index is 11.2. The first-order chi connectivity index (χ1) is 8.22. The molecule has 2 aromatic carbocycles. The fourth-order valence-electron chi connectivity index (χ4n) is 1.65. The van der Waals surface area contributed by atoms with E-state index < -0.39 is 5.97 Å². The van der Waals surface area contributed by atoms with Crippen molar-refractivity contribution in [3.05, 3.63) is 54.1 Å². The van der Waals surface area contributed by atoms with E-state index in [4.69, 9.17) is 5.11 Å². The molecule has 17 heavy (non-hydrogen) atoms. The quantitative estimate of drug-likeness (QED) is 0.660. The number of benzene rings is 2. The fraction of sp³-hybridized carbons (Fsp3) is 0. The van der Waals surface area contributed by atoms with Crippen LogP contribution in [0.1, 0.15) is 10.4 Å². The summed E-state index contributed by atoms with van der Waals surface area (Å²) in [5.74, 6) is -0.913. The molecule has 0 aliphatic carbocycles. The molecule has 0 aromatic heterocycles. The van der Waals surface area contributed by atoms with Gasteiger partial charge in [-0.1, -0.05) is 30.3 Å². The van der Waals surface area contributed by atoms with Crippen LogP contribution in [0.3, 0.4) is 0 Å². The van der Waals surface area contributed by atoms with Crippen LogP contribution in [-0.4, -0.2) is 11.1 Å². The summed E-state index contributed by atoms with van der Waals surface area (Å²) < 4.78 is 2.98. The van der Waals surface area contributed by atoms with E-state index in [1.165, 1.54) is 0 Å². The SMILES string of the molecule is O=C(O)c1ccc(NI)cc1-c1ccccc1. The molecule has 0 unspecified atom stereocenters. The average Bonchev–Trinajstić information content (AvgIpc) is 2.39. The lowest BCUT2D eigenvalue weighted by molar-refractivity contribution is 0.0698. The minimum absolute atomic E-state index is 0.312. The molecule has 0 saturated carbocycles. The maximum Gasteiger partial charge on any atom is 0.336 e. The van der Waals surface area contributed by atoms with E-state index in [1.54, 1.807) is 12.1 Å². The van der Waals surface area contributed by atoms with Gasteiger partial charge in [0.05, 0.1) is 28.4 Å². The lowest BCUT2D eigenvalue weighted by atomic mass is 9.99. The topological polar surface area (TPSA) is 49.3 Å². The van der Waals surface area contributed by atoms with Crippen LogP contribution in [0.25, 0.3) is 11.1 Å². The Kier molecular flexibility index (Phi) is 3.63. The summed E-state index contributed by atoms with van der Waals surface area (Å²) >= 11 is 2.02. The average molecular weight is 339 g/mol. The third kappa shape index (κ3) is 2.58. The minimum Gasteiger partial charge on any atom is -0.478 e. The van der Waals surface area contributed by atoms with Crippen molar-refractivity contribution in [1.29, 1.82) is 0 Å². The second kappa shape index (κ2) is 5.18. The van der Waals surface area contributed by atoms with Gasteiger partial charge in [0.2, 0.25) is 0 Å². The van der Waals surface area contributed by atoms with Gasteiger partial charge in [-0.15, -0.1) is 0 Å². The molecule has 0 spiro atoms. The van der Waals surface area contributed by atoms with Crippen molar-refractivity contribution in [1.82, 2.24) is 0 Å². The highest BCUT2D eigenvalue weighted by atomic mass is 127. The van der Waals surface area contributed by atoms with Gasteiger partial charge in [-0.3, -0.25) is 0 Å². The van der Waals surface area contributed by atoms with E-state index in [0.29, 0.717) is 5.56 Å². The first kappa shape index (κ1) is 11.9. The van der Waals surface area contributed by atoms with E-state index in [1.807, 2.05) is 59.3 Å². The van der Waals surface area contributed by atoms with Crippen molar-refractivity contribution in [2.24, 2.45) is 0 Å². The van der Waals surface area contributed by atoms with Crippen LogP contribution in [0.4, 0.5) is 5.69 Å². The highest BCUT2D eigenvalue weighted by Crippen LogP contribution is 2.27. The third-order valence-electron chi connectivity index (χ3n) is 2.44. The molecule has 2 aromatic rings. The number of carbonyl (C=O) groups is 1. The number of hydrogen-bond acceptors (Lipinski definition) is 2. The minimum atomic E-state index is -0.913. The van der Waals surface area contributed by atoms with Gasteiger partial charge in [0.15, 0.2) is 0 Å². The molecule has 0 amide bonds. The second-order valence-electron chi connectivity index (χ2n) is 3.53. The molecule has 4 heteroatoms. The summed E-state index contributed by atoms with van der Waals surface area (Å²) in [5.41, 5.74) is 2.82. The van der Waals surface area contributed by atoms with Gasteiger partial charge in [0, 0.05) is 5.69 Å². The van der Waals surface area contributed by atoms with Crippen molar-refractivity contribution in [3.8, 4) is 11.1 Å². The predicted molar refractivity (Wildman–Crippen MR) is 76.5 cm³/mol. The summed E-state index contributed by atoms with van der Waals surface area (Å²) in [5, 5.41) is 9.17. The predicted octanol–water partition coefficient (Wildman–Crippen LogP) is 3.81. The van der Waals surface area contributed by atoms with Gasteiger partial charge >= 0.3 is 5.97 Å². The van der Waals surface area contributed by atoms with Crippen molar-refractivity contribution in [2.75, 3.05) is 3.53 Å². The largest absolute Gasteiger partial charge is 0.478 e. The maximum atomic E-state index is 11.2. The van der Waals surface area contributed by atoms with Crippen molar-refractivity contribution >= 4 is 34.5 Å². The second-order valence-corrected chi connectivity index (χ2v) is 4.07. The molecule has 0 heterocycles. The number of nitrogens with one attached hydrogen (secondary N) is 1. The number of halogens is 1. The molecule has 0 saturated heterocycles. The van der Waals surface area contributed by atoms with Crippen LogP contribution < -0.4 is 3.53 Å². The summed E-state index contributed by atoms with van der Waals surface area (Å²) in [7, 11) is 0. The number of carboxylic acid groups (broad SMARTS) is 1. The zero-order valence-corrected chi connectivity index (χ0v) is 11.0. The molecular weight excluding hydrogens is 329 g/mol. The first-order valence-electron chi connectivity index (χ1n) is 5.02. The molecule has 2 rings (SSSR count). The van der Waals surface area contributed by atoms with Crippen LogP contribution in [0.2, 0.25) is 0 Å². The Bertz CT molecular complexity index is 540. The van der Waals surface area contributed by atoms with Crippen LogP contribution in [0, 0.1) is 0 Å². The number of hydrogen-bond donors (Lipinski definition) is 2. The molecule has 0 aliphatic rings. The van der Waals surface area contributed by atoms with Crippen LogP contribution in [0.5, 0.6) is 0 Å². The summed E-state index contributed by atoms with van der Waals surface area (Å²) in [4.78, 5) is 11.2. The van der Waals surface area contributed by atoms with Gasteiger partial charge in [0.1, 0.15) is 0 Å². The van der Waals surface area contributed by atoms with Crippen molar-refractivity contribution < 1.29 is 9.90 Å². The van der Waals surface area contributed by atoms with Gasteiger partial charge < -0.3 is 8.64 Å². The summed E-state index contributed by atoms with van der Waals surface area (Å²) in [6, 6.07) is 14.7. The smallest absolute Gasteiger partial charge is 0.336 e. The van der Waals surface area contributed by atoms with Crippen molar-refractivity contribution in [2.45, 2.75) is 0 Å². The number of carboxylic acids is 1. The molecule has 0 fully saturated rings. The Labute approximate surface area is 113 Å². The van der Waals surface area contributed by atoms with Crippen LogP contribution in [-0.2, 0) is 0 Å². The molecule has 0 aliphatic heterocycles. The Balaban J connectivity index is 2.61. The number of anilines is 1. The Hall–Kier alpha value is -1.56. The summed E-state index contributed by atoms with van der Waals surface area (Å²) in [6.07, 6.45) is 0. The third-order valence-corrected chi connectivity index (χ3v) is 3.07.